The average Bonchev–Trinajstić information content (AvgIpc) is 2.54. The second kappa shape index (κ2) is 3.96. The van der Waals surface area contributed by atoms with Crippen LogP contribution in [-0.2, 0) is 7.05 Å². The molecule has 0 saturated carbocycles. The number of nitrogens with one attached hydrogen (secondary N) is 1. The lowest BCUT2D eigenvalue weighted by Crippen LogP contribution is -2.11. The second-order valence-corrected chi connectivity index (χ2v) is 4.43. The fraction of sp³-hybridized carbons (Fsp3) is 0.364. The Labute approximate surface area is 98.0 Å². The molecule has 16 heavy (non-hydrogen) atoms. The van der Waals surface area contributed by atoms with Crippen molar-refractivity contribution in [2.75, 3.05) is 6.54 Å². The number of aromatic amines is 1. The van der Waals surface area contributed by atoms with Crippen molar-refractivity contribution >= 4 is 22.6 Å². The van der Waals surface area contributed by atoms with E-state index in [0.717, 1.165) is 16.6 Å². The molecule has 1 atom stereocenters. The lowest BCUT2D eigenvalue weighted by molar-refractivity contribution is 0.775. The van der Waals surface area contributed by atoms with Crippen molar-refractivity contribution in [3.8, 4) is 0 Å². The molecule has 4 nitrogen and oxygen atoms in total. The van der Waals surface area contributed by atoms with E-state index in [-0.39, 0.29) is 11.6 Å². The summed E-state index contributed by atoms with van der Waals surface area (Å²) in [5.41, 5.74) is 7.99. The van der Waals surface area contributed by atoms with Crippen molar-refractivity contribution in [1.82, 2.24) is 9.55 Å². The minimum atomic E-state index is -0.158. The quantitative estimate of drug-likeness (QED) is 0.836. The van der Waals surface area contributed by atoms with Crippen LogP contribution in [0.25, 0.3) is 11.0 Å². The lowest BCUT2D eigenvalue weighted by Gasteiger charge is -2.09. The summed E-state index contributed by atoms with van der Waals surface area (Å²) >= 11 is 6.16. The SMILES string of the molecule is CC(CN)c1cc(Cl)c2c(c1)[nH]c(=O)n2C. The third kappa shape index (κ3) is 1.64. The summed E-state index contributed by atoms with van der Waals surface area (Å²) in [6, 6.07) is 3.80. The zero-order chi connectivity index (χ0) is 11.9. The first-order chi connectivity index (χ1) is 7.54. The molecule has 3 N–H and O–H groups in total. The van der Waals surface area contributed by atoms with Crippen molar-refractivity contribution < 1.29 is 0 Å². The van der Waals surface area contributed by atoms with Crippen LogP contribution in [0.1, 0.15) is 18.4 Å². The highest BCUT2D eigenvalue weighted by Gasteiger charge is 2.11. The molecule has 0 aliphatic rings. The maximum atomic E-state index is 11.5. The van der Waals surface area contributed by atoms with Gasteiger partial charge in [0.15, 0.2) is 0 Å². The molecule has 0 aliphatic carbocycles. The van der Waals surface area contributed by atoms with E-state index in [4.69, 9.17) is 17.3 Å². The van der Waals surface area contributed by atoms with Crippen LogP contribution in [0.15, 0.2) is 16.9 Å². The topological polar surface area (TPSA) is 63.8 Å². The Balaban J connectivity index is 2.73. The Morgan fingerprint density at radius 1 is 1.56 bits per heavy atom. The van der Waals surface area contributed by atoms with Gasteiger partial charge in [0.05, 0.1) is 16.1 Å². The number of nitrogens with two attached hydrogens (primary N) is 1. The van der Waals surface area contributed by atoms with Gasteiger partial charge in [0.25, 0.3) is 0 Å². The molecule has 2 aromatic rings. The lowest BCUT2D eigenvalue weighted by atomic mass is 10.0. The highest BCUT2D eigenvalue weighted by atomic mass is 35.5. The summed E-state index contributed by atoms with van der Waals surface area (Å²) in [5.74, 6) is 0.227. The molecule has 0 spiro atoms. The summed E-state index contributed by atoms with van der Waals surface area (Å²) in [4.78, 5) is 14.2. The second-order valence-electron chi connectivity index (χ2n) is 4.02. The minimum absolute atomic E-state index is 0.158. The fourth-order valence-corrected chi connectivity index (χ4v) is 2.13. The number of aromatic nitrogens is 2. The molecule has 0 radical (unpaired) electrons. The molecule has 0 aliphatic heterocycles. The molecule has 5 heteroatoms. The molecule has 1 aromatic heterocycles. The zero-order valence-electron chi connectivity index (χ0n) is 9.25. The Morgan fingerprint density at radius 3 is 2.88 bits per heavy atom. The van der Waals surface area contributed by atoms with Crippen molar-refractivity contribution in [3.63, 3.8) is 0 Å². The predicted octanol–water partition coefficient (Wildman–Crippen LogP) is 1.58. The van der Waals surface area contributed by atoms with Gasteiger partial charge in [0.1, 0.15) is 0 Å². The summed E-state index contributed by atoms with van der Waals surface area (Å²) in [6.45, 7) is 2.58. The molecule has 2 rings (SSSR count). The number of hydrogen-bond acceptors (Lipinski definition) is 2. The first-order valence-electron chi connectivity index (χ1n) is 5.12. The van der Waals surface area contributed by atoms with E-state index in [1.54, 1.807) is 7.05 Å². The number of imidazole rings is 1. The van der Waals surface area contributed by atoms with Gasteiger partial charge in [-0.15, -0.1) is 0 Å². The number of fused-ring (bicyclic) bond motifs is 1. The first-order valence-corrected chi connectivity index (χ1v) is 5.50. The molecule has 0 amide bonds. The average molecular weight is 240 g/mol. The molecule has 0 saturated heterocycles. The molecule has 0 bridgehead atoms. The van der Waals surface area contributed by atoms with Crippen LogP contribution >= 0.6 is 11.6 Å². The molecular formula is C11H14ClN3O. The zero-order valence-corrected chi connectivity index (χ0v) is 10.0. The number of H-pyrrole nitrogens is 1. The summed E-state index contributed by atoms with van der Waals surface area (Å²) in [6.07, 6.45) is 0. The van der Waals surface area contributed by atoms with Crippen LogP contribution < -0.4 is 11.4 Å². The standard InChI is InChI=1S/C11H14ClN3O/c1-6(5-13)7-3-8(12)10-9(4-7)14-11(16)15(10)2/h3-4,6H,5,13H2,1-2H3,(H,14,16). The largest absolute Gasteiger partial charge is 0.330 e. The van der Waals surface area contributed by atoms with Crippen LogP contribution in [-0.4, -0.2) is 16.1 Å². The third-order valence-corrected chi connectivity index (χ3v) is 3.18. The van der Waals surface area contributed by atoms with Crippen molar-refractivity contribution in [2.24, 2.45) is 12.8 Å². The molecule has 0 fully saturated rings. The number of benzene rings is 1. The number of rotatable bonds is 2. The van der Waals surface area contributed by atoms with Crippen molar-refractivity contribution in [2.45, 2.75) is 12.8 Å². The van der Waals surface area contributed by atoms with Gasteiger partial charge in [0, 0.05) is 7.05 Å². The number of halogens is 1. The van der Waals surface area contributed by atoms with Gasteiger partial charge in [-0.2, -0.15) is 0 Å². The molecule has 1 aromatic carbocycles. The highest BCUT2D eigenvalue weighted by Crippen LogP contribution is 2.26. The predicted molar refractivity (Wildman–Crippen MR) is 66.0 cm³/mol. The maximum Gasteiger partial charge on any atom is 0.326 e. The Bertz CT molecular complexity index is 585. The van der Waals surface area contributed by atoms with Gasteiger partial charge in [-0.3, -0.25) is 4.57 Å². The molecule has 86 valence electrons. The Morgan fingerprint density at radius 2 is 2.25 bits per heavy atom. The van der Waals surface area contributed by atoms with Gasteiger partial charge < -0.3 is 10.7 Å². The van der Waals surface area contributed by atoms with Gasteiger partial charge in [-0.05, 0) is 30.2 Å². The highest BCUT2D eigenvalue weighted by molar-refractivity contribution is 6.35. The normalized spacial score (nSPS) is 13.2. The van der Waals surface area contributed by atoms with E-state index in [2.05, 4.69) is 4.98 Å². The summed E-state index contributed by atoms with van der Waals surface area (Å²) < 4.78 is 1.51. The van der Waals surface area contributed by atoms with E-state index in [1.807, 2.05) is 19.1 Å². The van der Waals surface area contributed by atoms with Crippen LogP contribution in [0, 0.1) is 0 Å². The van der Waals surface area contributed by atoms with Crippen LogP contribution in [0.4, 0.5) is 0 Å². The van der Waals surface area contributed by atoms with Crippen molar-refractivity contribution in [1.29, 1.82) is 0 Å². The monoisotopic (exact) mass is 239 g/mol. The Kier molecular flexibility index (Phi) is 2.78. The number of hydrogen-bond donors (Lipinski definition) is 2. The van der Waals surface area contributed by atoms with Gasteiger partial charge in [-0.1, -0.05) is 18.5 Å². The van der Waals surface area contributed by atoms with Gasteiger partial charge >= 0.3 is 5.69 Å². The van der Waals surface area contributed by atoms with E-state index in [1.165, 1.54) is 4.57 Å². The van der Waals surface area contributed by atoms with Crippen LogP contribution in [0.5, 0.6) is 0 Å². The minimum Gasteiger partial charge on any atom is -0.330 e. The fourth-order valence-electron chi connectivity index (χ4n) is 1.78. The van der Waals surface area contributed by atoms with Gasteiger partial charge in [-0.25, -0.2) is 4.79 Å². The first kappa shape index (κ1) is 11.2. The summed E-state index contributed by atoms with van der Waals surface area (Å²) in [5, 5.41) is 0.577. The van der Waals surface area contributed by atoms with E-state index < -0.39 is 0 Å². The van der Waals surface area contributed by atoms with E-state index in [9.17, 15) is 4.79 Å². The molecular weight excluding hydrogens is 226 g/mol. The number of aryl methyl sites for hydroxylation is 1. The van der Waals surface area contributed by atoms with Gasteiger partial charge in [0.2, 0.25) is 0 Å². The van der Waals surface area contributed by atoms with E-state index >= 15 is 0 Å². The smallest absolute Gasteiger partial charge is 0.326 e. The molecule has 1 heterocycles. The molecule has 1 unspecified atom stereocenters. The third-order valence-electron chi connectivity index (χ3n) is 2.89. The van der Waals surface area contributed by atoms with Crippen LogP contribution in [0.3, 0.4) is 0 Å². The maximum absolute atomic E-state index is 11.5. The van der Waals surface area contributed by atoms with Crippen LogP contribution in [0.2, 0.25) is 5.02 Å². The summed E-state index contributed by atoms with van der Waals surface area (Å²) in [7, 11) is 1.69. The Hall–Kier alpha value is -1.26. The van der Waals surface area contributed by atoms with Crippen molar-refractivity contribution in [3.05, 3.63) is 33.2 Å². The van der Waals surface area contributed by atoms with E-state index in [0.29, 0.717) is 11.6 Å². The number of nitrogens with zero attached hydrogens (tertiary/aromatic N) is 1.